The molecule has 5 heterocycles. The fraction of sp³-hybridized carbons (Fsp3) is 0. The van der Waals surface area contributed by atoms with Gasteiger partial charge in [-0.1, -0.05) is 127 Å². The quantitative estimate of drug-likeness (QED) is 0.169. The molecule has 14 rings (SSSR count). The van der Waals surface area contributed by atoms with E-state index in [1.54, 1.807) is 0 Å². The number of aromatic nitrogens is 5. The molecule has 14 aromatic rings. The average molecular weight is 750 g/mol. The van der Waals surface area contributed by atoms with Crippen LogP contribution in [0.5, 0.6) is 0 Å². The van der Waals surface area contributed by atoms with E-state index in [9.17, 15) is 0 Å². The van der Waals surface area contributed by atoms with Crippen molar-refractivity contribution < 1.29 is 0 Å². The summed E-state index contributed by atoms with van der Waals surface area (Å²) in [6.45, 7) is 0. The second-order valence-corrected chi connectivity index (χ2v) is 15.7. The third kappa shape index (κ3) is 4.03. The Morgan fingerprint density at radius 2 is 0.966 bits per heavy atom. The zero-order valence-corrected chi connectivity index (χ0v) is 31.6. The highest BCUT2D eigenvalue weighted by Crippen LogP contribution is 2.45. The van der Waals surface area contributed by atoms with Crippen molar-refractivity contribution >= 4 is 104 Å². The van der Waals surface area contributed by atoms with Gasteiger partial charge in [0.15, 0.2) is 5.82 Å². The first-order valence-corrected chi connectivity index (χ1v) is 20.2. The van der Waals surface area contributed by atoms with Crippen molar-refractivity contribution in [3.63, 3.8) is 0 Å². The number of hydrogen-bond donors (Lipinski definition) is 0. The number of fused-ring (bicyclic) bond motifs is 11. The second kappa shape index (κ2) is 11.3. The van der Waals surface area contributed by atoms with Gasteiger partial charge >= 0.3 is 0 Å². The van der Waals surface area contributed by atoms with E-state index in [0.29, 0.717) is 0 Å². The largest absolute Gasteiger partial charge is 0.309 e. The average Bonchev–Trinajstić information content (AvgIpc) is 3.91. The molecule has 0 saturated carbocycles. The summed E-state index contributed by atoms with van der Waals surface area (Å²) in [7, 11) is 0. The summed E-state index contributed by atoms with van der Waals surface area (Å²) < 4.78 is 7.24. The van der Waals surface area contributed by atoms with E-state index in [2.05, 4.69) is 202 Å². The Labute approximate surface area is 336 Å². The lowest BCUT2D eigenvalue weighted by molar-refractivity contribution is 1.08. The van der Waals surface area contributed by atoms with Gasteiger partial charge in [-0.2, -0.15) is 0 Å². The van der Waals surface area contributed by atoms with Gasteiger partial charge in [0.05, 0.1) is 49.7 Å². The number of hydrogen-bond acceptors (Lipinski definition) is 2. The maximum absolute atomic E-state index is 5.73. The van der Waals surface area contributed by atoms with E-state index in [0.717, 1.165) is 61.1 Å². The summed E-state index contributed by atoms with van der Waals surface area (Å²) >= 11 is 0. The fourth-order valence-electron chi connectivity index (χ4n) is 10.3. The normalized spacial score (nSPS) is 12.4. The number of benzene rings is 9. The van der Waals surface area contributed by atoms with Crippen molar-refractivity contribution in [2.75, 3.05) is 0 Å². The van der Waals surface area contributed by atoms with Gasteiger partial charge in [-0.15, -0.1) is 0 Å². The molecule has 0 amide bonds. The molecule has 0 aliphatic rings. The van der Waals surface area contributed by atoms with Crippen LogP contribution in [0.4, 0.5) is 0 Å². The first-order valence-electron chi connectivity index (χ1n) is 20.2. The van der Waals surface area contributed by atoms with Crippen LogP contribution >= 0.6 is 0 Å². The molecular weight excluding hydrogens is 719 g/mol. The molecular formula is C54H31N5. The zero-order valence-electron chi connectivity index (χ0n) is 31.6. The molecule has 0 atom stereocenters. The van der Waals surface area contributed by atoms with Gasteiger partial charge in [0.1, 0.15) is 5.69 Å². The summed E-state index contributed by atoms with van der Waals surface area (Å²) in [6.07, 6.45) is 0. The third-order valence-electron chi connectivity index (χ3n) is 12.7. The van der Waals surface area contributed by atoms with E-state index in [-0.39, 0.29) is 0 Å². The second-order valence-electron chi connectivity index (χ2n) is 15.7. The molecule has 272 valence electrons. The molecule has 0 aliphatic heterocycles. The van der Waals surface area contributed by atoms with E-state index >= 15 is 0 Å². The highest BCUT2D eigenvalue weighted by molar-refractivity contribution is 6.31. The van der Waals surface area contributed by atoms with E-state index in [1.165, 1.54) is 65.2 Å². The Kier molecular flexibility index (Phi) is 5.96. The minimum absolute atomic E-state index is 0.811. The monoisotopic (exact) mass is 749 g/mol. The van der Waals surface area contributed by atoms with Crippen LogP contribution < -0.4 is 0 Å². The molecule has 0 fully saturated rings. The molecule has 5 aromatic heterocycles. The minimum atomic E-state index is 0.811. The SMILES string of the molecule is c1ccc(-n2c3ccccc3c3cc(-c4nc5ccc6ccccc6c5nc4-n4c5cccc6c7cccc8c9ccccc9n(c9cccc4c9c65)c78)ccc32)cc1. The van der Waals surface area contributed by atoms with Gasteiger partial charge in [0.2, 0.25) is 0 Å². The number of nitrogens with zero attached hydrogens (tertiary/aromatic N) is 5. The molecule has 59 heavy (non-hydrogen) atoms. The molecule has 0 spiro atoms. The Morgan fingerprint density at radius 1 is 0.356 bits per heavy atom. The highest BCUT2D eigenvalue weighted by Gasteiger charge is 2.25. The van der Waals surface area contributed by atoms with Crippen LogP contribution in [0.15, 0.2) is 188 Å². The summed E-state index contributed by atoms with van der Waals surface area (Å²) in [4.78, 5) is 11.3. The van der Waals surface area contributed by atoms with Gasteiger partial charge in [0, 0.05) is 54.3 Å². The highest BCUT2D eigenvalue weighted by atomic mass is 15.1. The maximum atomic E-state index is 5.73. The van der Waals surface area contributed by atoms with Crippen molar-refractivity contribution in [2.24, 2.45) is 0 Å². The predicted molar refractivity (Wildman–Crippen MR) is 246 cm³/mol. The van der Waals surface area contributed by atoms with Gasteiger partial charge in [-0.05, 0) is 71.4 Å². The number of rotatable bonds is 3. The van der Waals surface area contributed by atoms with Crippen LogP contribution in [0, 0.1) is 0 Å². The van der Waals surface area contributed by atoms with Crippen molar-refractivity contribution in [1.29, 1.82) is 0 Å². The van der Waals surface area contributed by atoms with Crippen LogP contribution in [0.25, 0.3) is 126 Å². The van der Waals surface area contributed by atoms with Crippen LogP contribution in [0.1, 0.15) is 0 Å². The van der Waals surface area contributed by atoms with Crippen LogP contribution in [-0.2, 0) is 0 Å². The molecule has 0 unspecified atom stereocenters. The van der Waals surface area contributed by atoms with Gasteiger partial charge in [-0.3, -0.25) is 4.57 Å². The first-order chi connectivity index (χ1) is 29.3. The van der Waals surface area contributed by atoms with Gasteiger partial charge in [0.25, 0.3) is 0 Å². The lowest BCUT2D eigenvalue weighted by Crippen LogP contribution is -2.04. The zero-order chi connectivity index (χ0) is 38.3. The molecule has 0 saturated heterocycles. The van der Waals surface area contributed by atoms with Crippen LogP contribution in [0.2, 0.25) is 0 Å². The topological polar surface area (TPSA) is 40.0 Å². The van der Waals surface area contributed by atoms with Gasteiger partial charge in [-0.25, -0.2) is 9.97 Å². The Morgan fingerprint density at radius 3 is 1.83 bits per heavy atom. The molecule has 0 aliphatic carbocycles. The van der Waals surface area contributed by atoms with E-state index < -0.39 is 0 Å². The van der Waals surface area contributed by atoms with E-state index in [1.807, 2.05) is 0 Å². The standard InChI is InChI=1S/C54H31N5/c1-2-14-34(15-3-1)57-43-22-8-7-18-37(43)41-31-33(28-30-45(41)57)51-54(56-52-35-16-5-4-13-32(35)27-29-42(52)55-51)59-46-24-11-19-38-40-21-10-20-39-36-17-6-9-23-44(36)58(53(39)40)47-25-12-26-48(59)50(47)49(38)46/h1-31H. The minimum Gasteiger partial charge on any atom is -0.309 e. The molecule has 5 nitrogen and oxygen atoms in total. The van der Waals surface area contributed by atoms with Crippen molar-refractivity contribution in [3.8, 4) is 22.8 Å². The summed E-state index contributed by atoms with van der Waals surface area (Å²) in [6, 6.07) is 68.0. The molecule has 0 N–H and O–H groups in total. The van der Waals surface area contributed by atoms with Crippen molar-refractivity contribution in [3.05, 3.63) is 188 Å². The molecule has 5 heteroatoms. The van der Waals surface area contributed by atoms with Crippen molar-refractivity contribution in [1.82, 2.24) is 23.5 Å². The molecule has 0 bridgehead atoms. The summed E-state index contributed by atoms with van der Waals surface area (Å²) in [5, 5.41) is 12.0. The Hall–Kier alpha value is -8.02. The van der Waals surface area contributed by atoms with Crippen LogP contribution in [0.3, 0.4) is 0 Å². The smallest absolute Gasteiger partial charge is 0.165 e. The van der Waals surface area contributed by atoms with Crippen LogP contribution in [-0.4, -0.2) is 23.5 Å². The van der Waals surface area contributed by atoms with Gasteiger partial charge < -0.3 is 8.97 Å². The lowest BCUT2D eigenvalue weighted by Gasteiger charge is -2.15. The molecule has 9 aromatic carbocycles. The predicted octanol–water partition coefficient (Wildman–Crippen LogP) is 13.8. The Balaban J connectivity index is 1.15. The van der Waals surface area contributed by atoms with Crippen molar-refractivity contribution in [2.45, 2.75) is 0 Å². The first kappa shape index (κ1) is 31.1. The van der Waals surface area contributed by atoms with E-state index in [4.69, 9.17) is 9.97 Å². The maximum Gasteiger partial charge on any atom is 0.165 e. The Bertz CT molecular complexity index is 4070. The summed E-state index contributed by atoms with van der Waals surface area (Å²) in [5.41, 5.74) is 12.9. The lowest BCUT2D eigenvalue weighted by atomic mass is 10.0. The fourth-order valence-corrected chi connectivity index (χ4v) is 10.3. The molecule has 0 radical (unpaired) electrons. The number of para-hydroxylation sites is 4. The summed E-state index contributed by atoms with van der Waals surface area (Å²) in [5.74, 6) is 0.811. The third-order valence-corrected chi connectivity index (χ3v) is 12.7.